The van der Waals surface area contributed by atoms with E-state index in [1.165, 1.54) is 6.33 Å². The molecule has 3 saturated heterocycles. The van der Waals surface area contributed by atoms with Gasteiger partial charge < -0.3 is 14.5 Å². The summed E-state index contributed by atoms with van der Waals surface area (Å²) < 4.78 is 43.2. The van der Waals surface area contributed by atoms with Crippen LogP contribution in [-0.4, -0.2) is 67.0 Å². The van der Waals surface area contributed by atoms with Crippen LogP contribution in [0.15, 0.2) is 12.4 Å². The fourth-order valence-corrected chi connectivity index (χ4v) is 5.35. The summed E-state index contributed by atoms with van der Waals surface area (Å²) in [6.07, 6.45) is -3.65. The minimum absolute atomic E-state index is 0.294. The molecular formula is C17H19F3N4OS. The average Bonchev–Trinajstić information content (AvgIpc) is 2.82. The monoisotopic (exact) mass is 384 g/mol. The highest BCUT2D eigenvalue weighted by Gasteiger charge is 2.52. The lowest BCUT2D eigenvalue weighted by atomic mass is 9.72. The quantitative estimate of drug-likeness (QED) is 0.811. The summed E-state index contributed by atoms with van der Waals surface area (Å²) in [5.41, 5.74) is 0.326. The molecule has 3 fully saturated rings. The highest BCUT2D eigenvalue weighted by atomic mass is 32.1. The largest absolute Gasteiger partial charge is 0.393 e. The van der Waals surface area contributed by atoms with E-state index in [2.05, 4.69) is 19.8 Å². The summed E-state index contributed by atoms with van der Waals surface area (Å²) in [6.45, 7) is 6.90. The van der Waals surface area contributed by atoms with Crippen LogP contribution in [0.5, 0.6) is 0 Å². The molecule has 0 N–H and O–H groups in total. The zero-order chi connectivity index (χ0) is 17.9. The Morgan fingerprint density at radius 3 is 2.62 bits per heavy atom. The summed E-state index contributed by atoms with van der Waals surface area (Å²) in [6, 6.07) is 1.61. The molecule has 2 aromatic heterocycles. The van der Waals surface area contributed by atoms with Crippen molar-refractivity contribution in [3.8, 4) is 0 Å². The van der Waals surface area contributed by atoms with Crippen molar-refractivity contribution in [3.63, 3.8) is 0 Å². The minimum Gasteiger partial charge on any atom is -0.381 e. The Hall–Kier alpha value is -1.45. The zero-order valence-electron chi connectivity index (χ0n) is 14.1. The number of hydrogen-bond donors (Lipinski definition) is 0. The van der Waals surface area contributed by atoms with Gasteiger partial charge in [0.2, 0.25) is 0 Å². The van der Waals surface area contributed by atoms with Crippen LogP contribution < -0.4 is 4.90 Å². The first kappa shape index (κ1) is 16.7. The molecule has 5 rings (SSSR count). The van der Waals surface area contributed by atoms with E-state index in [4.69, 9.17) is 4.74 Å². The molecule has 140 valence electrons. The minimum atomic E-state index is -4.20. The van der Waals surface area contributed by atoms with Crippen molar-refractivity contribution in [2.75, 3.05) is 50.8 Å². The highest BCUT2D eigenvalue weighted by Crippen LogP contribution is 2.44. The molecule has 0 unspecified atom stereocenters. The number of alkyl halides is 3. The van der Waals surface area contributed by atoms with Gasteiger partial charge in [-0.2, -0.15) is 13.2 Å². The third kappa shape index (κ3) is 2.95. The van der Waals surface area contributed by atoms with E-state index in [-0.39, 0.29) is 0 Å². The maximum Gasteiger partial charge on any atom is 0.393 e. The van der Waals surface area contributed by atoms with Crippen molar-refractivity contribution in [2.24, 2.45) is 11.3 Å². The Morgan fingerprint density at radius 1 is 1.19 bits per heavy atom. The van der Waals surface area contributed by atoms with Gasteiger partial charge in [-0.15, -0.1) is 11.3 Å². The third-order valence-electron chi connectivity index (χ3n) is 5.43. The van der Waals surface area contributed by atoms with E-state index in [1.54, 1.807) is 6.07 Å². The number of hydrogen-bond acceptors (Lipinski definition) is 6. The van der Waals surface area contributed by atoms with Crippen molar-refractivity contribution in [3.05, 3.63) is 17.3 Å². The van der Waals surface area contributed by atoms with Crippen molar-refractivity contribution in [1.82, 2.24) is 14.9 Å². The average molecular weight is 384 g/mol. The van der Waals surface area contributed by atoms with Crippen molar-refractivity contribution < 1.29 is 17.9 Å². The topological polar surface area (TPSA) is 41.5 Å². The first-order chi connectivity index (χ1) is 12.4. The second-order valence-corrected chi connectivity index (χ2v) is 8.97. The summed E-state index contributed by atoms with van der Waals surface area (Å²) in [5, 5.41) is 0.745. The Morgan fingerprint density at radius 2 is 1.96 bits per heavy atom. The van der Waals surface area contributed by atoms with Gasteiger partial charge in [0.1, 0.15) is 17.0 Å². The molecule has 3 aliphatic rings. The van der Waals surface area contributed by atoms with Crippen LogP contribution >= 0.6 is 11.3 Å². The maximum absolute atomic E-state index is 12.7. The zero-order valence-corrected chi connectivity index (χ0v) is 14.9. The SMILES string of the molecule is FC(F)(F)Cc1cc2c(N3CC4(CN(CC5COC5)C4)C3)ncnc2s1. The lowest BCUT2D eigenvalue weighted by Gasteiger charge is -2.61. The third-order valence-corrected chi connectivity index (χ3v) is 6.47. The lowest BCUT2D eigenvalue weighted by molar-refractivity contribution is -0.126. The van der Waals surface area contributed by atoms with Gasteiger partial charge in [0.05, 0.1) is 25.0 Å². The number of halogens is 3. The van der Waals surface area contributed by atoms with Crippen molar-refractivity contribution in [1.29, 1.82) is 0 Å². The molecule has 3 aliphatic heterocycles. The molecule has 0 radical (unpaired) electrons. The van der Waals surface area contributed by atoms with Gasteiger partial charge in [0.15, 0.2) is 0 Å². The number of fused-ring (bicyclic) bond motifs is 1. The second-order valence-electron chi connectivity index (χ2n) is 7.85. The van der Waals surface area contributed by atoms with E-state index in [0.29, 0.717) is 21.0 Å². The van der Waals surface area contributed by atoms with Gasteiger partial charge in [-0.25, -0.2) is 9.97 Å². The van der Waals surface area contributed by atoms with Crippen LogP contribution in [0.1, 0.15) is 4.88 Å². The fourth-order valence-electron chi connectivity index (χ4n) is 4.33. The number of ether oxygens (including phenoxy) is 1. The molecule has 5 heterocycles. The number of thiophene rings is 1. The van der Waals surface area contributed by atoms with Gasteiger partial charge in [-0.1, -0.05) is 0 Å². The Balaban J connectivity index is 1.26. The number of likely N-dealkylation sites (tertiary alicyclic amines) is 1. The molecule has 0 aromatic carbocycles. The predicted octanol–water partition coefficient (Wildman–Crippen LogP) is 2.56. The van der Waals surface area contributed by atoms with Crippen LogP contribution in [0.2, 0.25) is 0 Å². The summed E-state index contributed by atoms with van der Waals surface area (Å²) in [7, 11) is 0. The standard InChI is InChI=1S/C17H19F3N4OS/c18-17(19,20)2-12-1-13-14(21-10-22-15(13)26-12)24-8-16(9-24)6-23(7-16)3-11-4-25-5-11/h1,10-11H,2-9H2. The van der Waals surface area contributed by atoms with Gasteiger partial charge in [0.25, 0.3) is 0 Å². The van der Waals surface area contributed by atoms with Crippen LogP contribution in [0.3, 0.4) is 0 Å². The van der Waals surface area contributed by atoms with E-state index < -0.39 is 12.6 Å². The van der Waals surface area contributed by atoms with Crippen LogP contribution in [-0.2, 0) is 11.2 Å². The van der Waals surface area contributed by atoms with E-state index in [9.17, 15) is 13.2 Å². The van der Waals surface area contributed by atoms with E-state index in [1.807, 2.05) is 0 Å². The predicted molar refractivity (Wildman–Crippen MR) is 92.6 cm³/mol. The molecule has 1 spiro atoms. The lowest BCUT2D eigenvalue weighted by Crippen LogP contribution is -2.73. The number of nitrogens with zero attached hydrogens (tertiary/aromatic N) is 4. The first-order valence-electron chi connectivity index (χ1n) is 8.74. The number of anilines is 1. The number of rotatable bonds is 4. The Labute approximate surface area is 152 Å². The molecule has 0 aliphatic carbocycles. The Kier molecular flexibility index (Phi) is 3.71. The maximum atomic E-state index is 12.7. The first-order valence-corrected chi connectivity index (χ1v) is 9.56. The van der Waals surface area contributed by atoms with Crippen molar-refractivity contribution in [2.45, 2.75) is 12.6 Å². The molecule has 0 amide bonds. The molecule has 26 heavy (non-hydrogen) atoms. The van der Waals surface area contributed by atoms with E-state index in [0.717, 1.165) is 68.5 Å². The van der Waals surface area contributed by atoms with Gasteiger partial charge in [0, 0.05) is 48.9 Å². The second kappa shape index (κ2) is 5.77. The molecular weight excluding hydrogens is 365 g/mol. The molecule has 0 bridgehead atoms. The van der Waals surface area contributed by atoms with Crippen LogP contribution in [0.4, 0.5) is 19.0 Å². The summed E-state index contributed by atoms with van der Waals surface area (Å²) >= 11 is 1.11. The van der Waals surface area contributed by atoms with Crippen molar-refractivity contribution >= 4 is 27.4 Å². The Bertz CT molecular complexity index is 821. The van der Waals surface area contributed by atoms with Crippen LogP contribution in [0.25, 0.3) is 10.2 Å². The number of aromatic nitrogens is 2. The van der Waals surface area contributed by atoms with Crippen LogP contribution in [0, 0.1) is 11.3 Å². The normalized spacial score (nSPS) is 23.1. The summed E-state index contributed by atoms with van der Waals surface area (Å²) in [5.74, 6) is 1.46. The molecule has 9 heteroatoms. The highest BCUT2D eigenvalue weighted by molar-refractivity contribution is 7.18. The molecule has 0 saturated carbocycles. The van der Waals surface area contributed by atoms with E-state index >= 15 is 0 Å². The molecule has 2 aromatic rings. The van der Waals surface area contributed by atoms with Gasteiger partial charge in [-0.3, -0.25) is 0 Å². The van der Waals surface area contributed by atoms with Gasteiger partial charge >= 0.3 is 6.18 Å². The molecule has 0 atom stereocenters. The smallest absolute Gasteiger partial charge is 0.381 e. The molecule has 5 nitrogen and oxygen atoms in total. The van der Waals surface area contributed by atoms with Gasteiger partial charge in [-0.05, 0) is 6.07 Å². The fraction of sp³-hybridized carbons (Fsp3) is 0.647. The summed E-state index contributed by atoms with van der Waals surface area (Å²) in [4.78, 5) is 14.1.